The van der Waals surface area contributed by atoms with Crippen LogP contribution in [0.3, 0.4) is 0 Å². The summed E-state index contributed by atoms with van der Waals surface area (Å²) < 4.78 is 0. The normalized spacial score (nSPS) is 21.5. The fourth-order valence-corrected chi connectivity index (χ4v) is 0.786. The van der Waals surface area contributed by atoms with Gasteiger partial charge in [-0.3, -0.25) is 0 Å². The van der Waals surface area contributed by atoms with Gasteiger partial charge in [-0.15, -0.1) is 0 Å². The molecular formula is C9H17N. The third kappa shape index (κ3) is 2.02. The third-order valence-electron chi connectivity index (χ3n) is 2.28. The Labute approximate surface area is 64.1 Å². The number of hydrogen-bond acceptors (Lipinski definition) is 1. The van der Waals surface area contributed by atoms with E-state index in [9.17, 15) is 0 Å². The van der Waals surface area contributed by atoms with Crippen molar-refractivity contribution < 1.29 is 0 Å². The van der Waals surface area contributed by atoms with Crippen molar-refractivity contribution in [3.63, 3.8) is 0 Å². The molecule has 0 aromatic carbocycles. The Kier molecular flexibility index (Phi) is 3.42. The van der Waals surface area contributed by atoms with Gasteiger partial charge < -0.3 is 0 Å². The Hall–Kier alpha value is -0.510. The highest BCUT2D eigenvalue weighted by Gasteiger charge is 2.42. The molecule has 58 valence electrons. The fraction of sp³-hybridized carbons (Fsp3) is 0.889. The molecule has 1 heteroatoms. The molecule has 0 spiro atoms. The molecule has 1 atom stereocenters. The highest BCUT2D eigenvalue weighted by molar-refractivity contribution is 5.01. The van der Waals surface area contributed by atoms with Crippen LogP contribution < -0.4 is 0 Å². The number of hydrogen-bond donors (Lipinski definition) is 0. The molecule has 0 heterocycles. The highest BCUT2D eigenvalue weighted by Crippen LogP contribution is 2.50. The van der Waals surface area contributed by atoms with Gasteiger partial charge in [0.2, 0.25) is 0 Å². The first-order valence-electron chi connectivity index (χ1n) is 4.09. The first kappa shape index (κ1) is 9.49. The van der Waals surface area contributed by atoms with E-state index in [1.165, 1.54) is 12.8 Å². The number of nitriles is 1. The van der Waals surface area contributed by atoms with Crippen LogP contribution in [0.2, 0.25) is 0 Å². The van der Waals surface area contributed by atoms with Crippen LogP contribution in [-0.2, 0) is 0 Å². The molecule has 0 aliphatic heterocycles. The lowest BCUT2D eigenvalue weighted by Crippen LogP contribution is -2.04. The molecule has 0 radical (unpaired) electrons. The van der Waals surface area contributed by atoms with E-state index < -0.39 is 0 Å². The van der Waals surface area contributed by atoms with Gasteiger partial charge in [-0.25, -0.2) is 0 Å². The molecule has 1 rings (SSSR count). The van der Waals surface area contributed by atoms with Gasteiger partial charge in [0, 0.05) is 5.92 Å². The molecule has 0 amide bonds. The maximum Gasteiger partial charge on any atom is 0.0658 e. The lowest BCUT2D eigenvalue weighted by molar-refractivity contribution is 0.449. The quantitative estimate of drug-likeness (QED) is 0.548. The van der Waals surface area contributed by atoms with Crippen LogP contribution >= 0.6 is 0 Å². The monoisotopic (exact) mass is 139 g/mol. The lowest BCUT2D eigenvalue weighted by atomic mass is 9.95. The largest absolute Gasteiger partial charge is 0.198 e. The summed E-state index contributed by atoms with van der Waals surface area (Å²) in [6.45, 7) is 8.19. The maximum atomic E-state index is 8.46. The molecular weight excluding hydrogens is 122 g/mol. The standard InChI is InChI=1S/C7H11N.C2H6/c1-6(5-8)7(2)3-4-7;1-2/h6H,3-4H2,1-2H3;1-2H3. The van der Waals surface area contributed by atoms with Crippen molar-refractivity contribution in [1.82, 2.24) is 0 Å². The van der Waals surface area contributed by atoms with Gasteiger partial charge >= 0.3 is 0 Å². The van der Waals surface area contributed by atoms with Crippen molar-refractivity contribution in [2.45, 2.75) is 40.5 Å². The Balaban J connectivity index is 0.000000371. The Morgan fingerprint density at radius 2 is 1.80 bits per heavy atom. The van der Waals surface area contributed by atoms with E-state index in [1.807, 2.05) is 20.8 Å². The van der Waals surface area contributed by atoms with Gasteiger partial charge in [0.25, 0.3) is 0 Å². The van der Waals surface area contributed by atoms with Crippen LogP contribution in [0.5, 0.6) is 0 Å². The summed E-state index contributed by atoms with van der Waals surface area (Å²) in [5.74, 6) is 0.266. The van der Waals surface area contributed by atoms with E-state index in [2.05, 4.69) is 13.0 Å². The summed E-state index contributed by atoms with van der Waals surface area (Å²) in [4.78, 5) is 0. The second kappa shape index (κ2) is 3.61. The average molecular weight is 139 g/mol. The zero-order chi connectivity index (χ0) is 8.20. The molecule has 0 saturated heterocycles. The molecule has 1 unspecified atom stereocenters. The summed E-state index contributed by atoms with van der Waals surface area (Å²) in [5, 5.41) is 8.46. The van der Waals surface area contributed by atoms with Crippen molar-refractivity contribution >= 4 is 0 Å². The second-order valence-electron chi connectivity index (χ2n) is 3.00. The molecule has 1 fully saturated rings. The topological polar surface area (TPSA) is 23.8 Å². The summed E-state index contributed by atoms with van der Waals surface area (Å²) in [7, 11) is 0. The Bertz CT molecular complexity index is 128. The summed E-state index contributed by atoms with van der Waals surface area (Å²) in [6, 6.07) is 2.27. The predicted octanol–water partition coefficient (Wildman–Crippen LogP) is 2.97. The molecule has 1 saturated carbocycles. The molecule has 0 aromatic rings. The smallest absolute Gasteiger partial charge is 0.0658 e. The van der Waals surface area contributed by atoms with Gasteiger partial charge in [0.1, 0.15) is 0 Å². The molecule has 1 nitrogen and oxygen atoms in total. The molecule has 0 aromatic heterocycles. The van der Waals surface area contributed by atoms with Gasteiger partial charge in [-0.05, 0) is 25.2 Å². The van der Waals surface area contributed by atoms with Crippen LogP contribution in [0.1, 0.15) is 40.5 Å². The van der Waals surface area contributed by atoms with Crippen LogP contribution in [0.15, 0.2) is 0 Å². The predicted molar refractivity (Wildman–Crippen MR) is 43.5 cm³/mol. The van der Waals surface area contributed by atoms with Crippen molar-refractivity contribution in [3.8, 4) is 6.07 Å². The van der Waals surface area contributed by atoms with Crippen molar-refractivity contribution in [3.05, 3.63) is 0 Å². The van der Waals surface area contributed by atoms with Crippen molar-refractivity contribution in [2.24, 2.45) is 11.3 Å². The minimum atomic E-state index is 0.266. The van der Waals surface area contributed by atoms with E-state index in [0.29, 0.717) is 5.41 Å². The number of nitrogens with zero attached hydrogens (tertiary/aromatic N) is 1. The third-order valence-corrected chi connectivity index (χ3v) is 2.28. The minimum Gasteiger partial charge on any atom is -0.198 e. The summed E-state index contributed by atoms with van der Waals surface area (Å²) in [6.07, 6.45) is 2.50. The minimum absolute atomic E-state index is 0.266. The fourth-order valence-electron chi connectivity index (χ4n) is 0.786. The second-order valence-corrected chi connectivity index (χ2v) is 3.00. The van der Waals surface area contributed by atoms with E-state index in [-0.39, 0.29) is 5.92 Å². The van der Waals surface area contributed by atoms with E-state index >= 15 is 0 Å². The van der Waals surface area contributed by atoms with Crippen LogP contribution in [0.4, 0.5) is 0 Å². The first-order chi connectivity index (χ1) is 4.69. The summed E-state index contributed by atoms with van der Waals surface area (Å²) >= 11 is 0. The van der Waals surface area contributed by atoms with Crippen LogP contribution in [0, 0.1) is 22.7 Å². The molecule has 1 aliphatic rings. The van der Waals surface area contributed by atoms with E-state index in [1.54, 1.807) is 0 Å². The number of rotatable bonds is 1. The van der Waals surface area contributed by atoms with E-state index in [0.717, 1.165) is 0 Å². The molecule has 0 bridgehead atoms. The molecule has 10 heavy (non-hydrogen) atoms. The SMILES string of the molecule is CC.CC(C#N)C1(C)CC1. The van der Waals surface area contributed by atoms with Gasteiger partial charge in [0.05, 0.1) is 6.07 Å². The van der Waals surface area contributed by atoms with Gasteiger partial charge in [-0.2, -0.15) is 5.26 Å². The van der Waals surface area contributed by atoms with Crippen LogP contribution in [0.25, 0.3) is 0 Å². The zero-order valence-corrected chi connectivity index (χ0v) is 7.44. The van der Waals surface area contributed by atoms with Crippen LogP contribution in [-0.4, -0.2) is 0 Å². The van der Waals surface area contributed by atoms with Crippen molar-refractivity contribution in [1.29, 1.82) is 5.26 Å². The average Bonchev–Trinajstić information content (AvgIpc) is 2.72. The Morgan fingerprint density at radius 1 is 1.40 bits per heavy atom. The molecule has 1 aliphatic carbocycles. The molecule has 0 N–H and O–H groups in total. The van der Waals surface area contributed by atoms with E-state index in [4.69, 9.17) is 5.26 Å². The first-order valence-corrected chi connectivity index (χ1v) is 4.09. The van der Waals surface area contributed by atoms with Crippen molar-refractivity contribution in [2.75, 3.05) is 0 Å². The highest BCUT2D eigenvalue weighted by atomic mass is 14.5. The summed E-state index contributed by atoms with van der Waals surface area (Å²) in [5.41, 5.74) is 0.398. The lowest BCUT2D eigenvalue weighted by Gasteiger charge is -2.07. The van der Waals surface area contributed by atoms with Gasteiger partial charge in [0.15, 0.2) is 0 Å². The maximum absolute atomic E-state index is 8.46. The Morgan fingerprint density at radius 3 is 1.90 bits per heavy atom. The zero-order valence-electron chi connectivity index (χ0n) is 7.44. The van der Waals surface area contributed by atoms with Gasteiger partial charge in [-0.1, -0.05) is 20.8 Å².